The maximum absolute atomic E-state index is 5.26. The van der Waals surface area contributed by atoms with Crippen LogP contribution >= 0.6 is 0 Å². The second-order valence-electron chi connectivity index (χ2n) is 3.94. The fourth-order valence-electron chi connectivity index (χ4n) is 1.48. The summed E-state index contributed by atoms with van der Waals surface area (Å²) >= 11 is 0. The fourth-order valence-corrected chi connectivity index (χ4v) is 1.48. The maximum Gasteiger partial charge on any atom is 0.141 e. The van der Waals surface area contributed by atoms with Crippen LogP contribution in [0.25, 0.3) is 0 Å². The SMILES string of the molecule is CCOCCCNCc1ncnn1C(C)C. The van der Waals surface area contributed by atoms with Crippen molar-refractivity contribution >= 4 is 0 Å². The lowest BCUT2D eigenvalue weighted by Gasteiger charge is -2.09. The Morgan fingerprint density at radius 2 is 2.31 bits per heavy atom. The third-order valence-electron chi connectivity index (χ3n) is 2.27. The molecule has 1 aromatic heterocycles. The first-order valence-corrected chi connectivity index (χ1v) is 5.92. The highest BCUT2D eigenvalue weighted by atomic mass is 16.5. The van der Waals surface area contributed by atoms with Gasteiger partial charge in [0.2, 0.25) is 0 Å². The molecule has 0 aliphatic heterocycles. The molecular formula is C11H22N4O. The average molecular weight is 226 g/mol. The van der Waals surface area contributed by atoms with E-state index >= 15 is 0 Å². The number of nitrogens with zero attached hydrogens (tertiary/aromatic N) is 3. The van der Waals surface area contributed by atoms with Gasteiger partial charge in [-0.15, -0.1) is 0 Å². The summed E-state index contributed by atoms with van der Waals surface area (Å²) < 4.78 is 7.20. The molecule has 0 aromatic carbocycles. The van der Waals surface area contributed by atoms with Crippen molar-refractivity contribution in [1.82, 2.24) is 20.1 Å². The average Bonchev–Trinajstić information content (AvgIpc) is 2.71. The van der Waals surface area contributed by atoms with Gasteiger partial charge in [0.25, 0.3) is 0 Å². The molecule has 0 aliphatic carbocycles. The van der Waals surface area contributed by atoms with E-state index in [9.17, 15) is 0 Å². The molecule has 0 aliphatic rings. The molecule has 0 fully saturated rings. The van der Waals surface area contributed by atoms with E-state index in [2.05, 4.69) is 29.2 Å². The molecule has 0 amide bonds. The van der Waals surface area contributed by atoms with Crippen molar-refractivity contribution in [1.29, 1.82) is 0 Å². The van der Waals surface area contributed by atoms with Crippen molar-refractivity contribution in [2.75, 3.05) is 19.8 Å². The third kappa shape index (κ3) is 4.28. The van der Waals surface area contributed by atoms with Gasteiger partial charge in [-0.05, 0) is 33.7 Å². The van der Waals surface area contributed by atoms with E-state index in [0.717, 1.165) is 38.5 Å². The zero-order valence-electron chi connectivity index (χ0n) is 10.4. The Bertz CT molecular complexity index is 285. The van der Waals surface area contributed by atoms with Crippen LogP contribution in [0.3, 0.4) is 0 Å². The van der Waals surface area contributed by atoms with Crippen LogP contribution in [0.5, 0.6) is 0 Å². The first-order valence-electron chi connectivity index (χ1n) is 5.92. The van der Waals surface area contributed by atoms with Crippen molar-refractivity contribution in [3.63, 3.8) is 0 Å². The molecule has 0 spiro atoms. The zero-order chi connectivity index (χ0) is 11.8. The summed E-state index contributed by atoms with van der Waals surface area (Å²) in [7, 11) is 0. The Balaban J connectivity index is 2.19. The van der Waals surface area contributed by atoms with Gasteiger partial charge in [0, 0.05) is 19.3 Å². The lowest BCUT2D eigenvalue weighted by atomic mass is 10.4. The highest BCUT2D eigenvalue weighted by molar-refractivity contribution is 4.85. The van der Waals surface area contributed by atoms with Crippen molar-refractivity contribution in [3.8, 4) is 0 Å². The summed E-state index contributed by atoms with van der Waals surface area (Å²) in [5.74, 6) is 0.992. The standard InChI is InChI=1S/C11H22N4O/c1-4-16-7-5-6-12-8-11-13-9-14-15(11)10(2)3/h9-10,12H,4-8H2,1-3H3. The van der Waals surface area contributed by atoms with E-state index in [0.29, 0.717) is 6.04 Å². The van der Waals surface area contributed by atoms with Crippen molar-refractivity contribution in [3.05, 3.63) is 12.2 Å². The zero-order valence-corrected chi connectivity index (χ0v) is 10.4. The Kier molecular flexibility index (Phi) is 6.03. The van der Waals surface area contributed by atoms with Crippen LogP contribution in [0.4, 0.5) is 0 Å². The number of ether oxygens (including phenoxy) is 1. The number of aromatic nitrogens is 3. The molecule has 0 bridgehead atoms. The Labute approximate surface area is 97.2 Å². The second-order valence-corrected chi connectivity index (χ2v) is 3.94. The molecule has 16 heavy (non-hydrogen) atoms. The van der Waals surface area contributed by atoms with Crippen molar-refractivity contribution in [2.45, 2.75) is 39.8 Å². The molecule has 5 nitrogen and oxygen atoms in total. The van der Waals surface area contributed by atoms with Crippen molar-refractivity contribution in [2.24, 2.45) is 0 Å². The topological polar surface area (TPSA) is 52.0 Å². The molecule has 0 saturated heterocycles. The molecule has 92 valence electrons. The number of nitrogens with one attached hydrogen (secondary N) is 1. The predicted molar refractivity (Wildman–Crippen MR) is 63.2 cm³/mol. The molecule has 0 unspecified atom stereocenters. The van der Waals surface area contributed by atoms with Crippen LogP contribution in [-0.2, 0) is 11.3 Å². The predicted octanol–water partition coefficient (Wildman–Crippen LogP) is 1.38. The fraction of sp³-hybridized carbons (Fsp3) is 0.818. The van der Waals surface area contributed by atoms with Gasteiger partial charge in [-0.2, -0.15) is 5.10 Å². The van der Waals surface area contributed by atoms with Gasteiger partial charge in [0.1, 0.15) is 12.2 Å². The molecule has 1 N–H and O–H groups in total. The third-order valence-corrected chi connectivity index (χ3v) is 2.27. The van der Waals surface area contributed by atoms with E-state index in [4.69, 9.17) is 4.74 Å². The minimum atomic E-state index is 0.364. The first-order chi connectivity index (χ1) is 7.75. The van der Waals surface area contributed by atoms with E-state index < -0.39 is 0 Å². The summed E-state index contributed by atoms with van der Waals surface area (Å²) in [6, 6.07) is 0.364. The number of rotatable bonds is 8. The van der Waals surface area contributed by atoms with E-state index in [-0.39, 0.29) is 0 Å². The van der Waals surface area contributed by atoms with Gasteiger partial charge >= 0.3 is 0 Å². The summed E-state index contributed by atoms with van der Waals surface area (Å²) in [6.45, 7) is 9.55. The molecule has 1 heterocycles. The monoisotopic (exact) mass is 226 g/mol. The molecule has 1 rings (SSSR count). The quantitative estimate of drug-likeness (QED) is 0.680. The lowest BCUT2D eigenvalue weighted by molar-refractivity contribution is 0.144. The molecule has 1 aromatic rings. The van der Waals surface area contributed by atoms with Crippen LogP contribution in [0.15, 0.2) is 6.33 Å². The van der Waals surface area contributed by atoms with Gasteiger partial charge in [-0.1, -0.05) is 0 Å². The van der Waals surface area contributed by atoms with Crippen LogP contribution in [-0.4, -0.2) is 34.5 Å². The van der Waals surface area contributed by atoms with Gasteiger partial charge in [-0.3, -0.25) is 0 Å². The van der Waals surface area contributed by atoms with Gasteiger partial charge < -0.3 is 10.1 Å². The number of hydrogen-bond donors (Lipinski definition) is 1. The van der Waals surface area contributed by atoms with Gasteiger partial charge in [0.05, 0.1) is 6.54 Å². The van der Waals surface area contributed by atoms with Gasteiger partial charge in [-0.25, -0.2) is 9.67 Å². The summed E-state index contributed by atoms with van der Waals surface area (Å²) in [5.41, 5.74) is 0. The van der Waals surface area contributed by atoms with Crippen LogP contribution in [0, 0.1) is 0 Å². The summed E-state index contributed by atoms with van der Waals surface area (Å²) in [5, 5.41) is 7.52. The maximum atomic E-state index is 5.26. The Morgan fingerprint density at radius 3 is 3.00 bits per heavy atom. The van der Waals surface area contributed by atoms with Crippen LogP contribution < -0.4 is 5.32 Å². The molecule has 5 heteroatoms. The van der Waals surface area contributed by atoms with E-state index in [1.807, 2.05) is 11.6 Å². The summed E-state index contributed by atoms with van der Waals surface area (Å²) in [6.07, 6.45) is 2.64. The normalized spacial score (nSPS) is 11.2. The highest BCUT2D eigenvalue weighted by Crippen LogP contribution is 2.04. The van der Waals surface area contributed by atoms with Gasteiger partial charge in [0.15, 0.2) is 0 Å². The summed E-state index contributed by atoms with van der Waals surface area (Å²) in [4.78, 5) is 4.23. The molecular weight excluding hydrogens is 204 g/mol. The Hall–Kier alpha value is -0.940. The smallest absolute Gasteiger partial charge is 0.141 e. The second kappa shape index (κ2) is 7.35. The minimum absolute atomic E-state index is 0.364. The van der Waals surface area contributed by atoms with E-state index in [1.54, 1.807) is 6.33 Å². The minimum Gasteiger partial charge on any atom is -0.382 e. The van der Waals surface area contributed by atoms with Crippen LogP contribution in [0.1, 0.15) is 39.1 Å². The Morgan fingerprint density at radius 1 is 1.50 bits per heavy atom. The first kappa shape index (κ1) is 13.1. The van der Waals surface area contributed by atoms with E-state index in [1.165, 1.54) is 0 Å². The lowest BCUT2D eigenvalue weighted by Crippen LogP contribution is -2.20. The number of hydrogen-bond acceptors (Lipinski definition) is 4. The largest absolute Gasteiger partial charge is 0.382 e. The molecule has 0 saturated carbocycles. The molecule has 0 atom stereocenters. The van der Waals surface area contributed by atoms with Crippen LogP contribution in [0.2, 0.25) is 0 Å². The van der Waals surface area contributed by atoms with Crippen molar-refractivity contribution < 1.29 is 4.74 Å². The molecule has 0 radical (unpaired) electrons. The highest BCUT2D eigenvalue weighted by Gasteiger charge is 2.06.